The van der Waals surface area contributed by atoms with Gasteiger partial charge in [-0.15, -0.1) is 11.3 Å². The summed E-state index contributed by atoms with van der Waals surface area (Å²) >= 11 is 13.4. The monoisotopic (exact) mass is 445 g/mol. The second kappa shape index (κ2) is 8.02. The lowest BCUT2D eigenvalue weighted by Crippen LogP contribution is -2.15. The first-order valence-corrected chi connectivity index (χ1v) is 10.8. The normalized spacial score (nSPS) is 12.6. The van der Waals surface area contributed by atoms with Gasteiger partial charge >= 0.3 is 0 Å². The summed E-state index contributed by atoms with van der Waals surface area (Å²) in [6, 6.07) is 9.06. The fourth-order valence-corrected chi connectivity index (χ4v) is 4.88. The summed E-state index contributed by atoms with van der Waals surface area (Å²) in [5, 5.41) is 5.41. The van der Waals surface area contributed by atoms with Crippen molar-refractivity contribution in [1.82, 2.24) is 4.98 Å². The molecular weight excluding hydrogens is 432 g/mol. The van der Waals surface area contributed by atoms with Crippen LogP contribution in [0.15, 0.2) is 52.9 Å². The highest BCUT2D eigenvalue weighted by Crippen LogP contribution is 2.33. The first-order valence-electron chi connectivity index (χ1n) is 7.70. The van der Waals surface area contributed by atoms with Crippen LogP contribution in [0.1, 0.15) is 18.5 Å². The average molecular weight is 446 g/mol. The number of sulfonamides is 1. The predicted octanol–water partition coefficient (Wildman–Crippen LogP) is 5.56. The van der Waals surface area contributed by atoms with E-state index in [1.165, 1.54) is 6.20 Å². The predicted molar refractivity (Wildman–Crippen MR) is 108 cm³/mol. The van der Waals surface area contributed by atoms with E-state index in [2.05, 4.69) is 15.0 Å². The molecular formula is C17H14Cl2FN3O2S2. The van der Waals surface area contributed by atoms with Crippen molar-refractivity contribution < 1.29 is 12.8 Å². The molecule has 0 saturated carbocycles. The van der Waals surface area contributed by atoms with Crippen LogP contribution in [0, 0.1) is 5.82 Å². The van der Waals surface area contributed by atoms with Crippen LogP contribution < -0.4 is 10.0 Å². The maximum absolute atomic E-state index is 14.5. The fourth-order valence-electron chi connectivity index (χ4n) is 2.43. The molecule has 10 heteroatoms. The average Bonchev–Trinajstić information content (AvgIpc) is 3.10. The quantitative estimate of drug-likeness (QED) is 0.520. The van der Waals surface area contributed by atoms with Gasteiger partial charge in [0.25, 0.3) is 10.0 Å². The van der Waals surface area contributed by atoms with Crippen molar-refractivity contribution in [2.75, 3.05) is 10.0 Å². The van der Waals surface area contributed by atoms with E-state index >= 15 is 0 Å². The summed E-state index contributed by atoms with van der Waals surface area (Å²) in [4.78, 5) is 3.27. The molecule has 0 aliphatic rings. The number of halogens is 3. The van der Waals surface area contributed by atoms with Gasteiger partial charge in [0.1, 0.15) is 10.7 Å². The second-order valence-electron chi connectivity index (χ2n) is 5.59. The van der Waals surface area contributed by atoms with Gasteiger partial charge in [0.2, 0.25) is 0 Å². The Hall–Kier alpha value is -1.87. The van der Waals surface area contributed by atoms with Gasteiger partial charge in [-0.25, -0.2) is 17.8 Å². The third-order valence-corrected chi connectivity index (χ3v) is 6.54. The minimum absolute atomic E-state index is 0.0646. The number of nitrogens with zero attached hydrogens (tertiary/aromatic N) is 1. The highest BCUT2D eigenvalue weighted by Gasteiger charge is 2.23. The molecule has 2 aromatic carbocycles. The highest BCUT2D eigenvalue weighted by atomic mass is 35.5. The summed E-state index contributed by atoms with van der Waals surface area (Å²) in [6.07, 6.45) is 1.44. The van der Waals surface area contributed by atoms with Gasteiger partial charge in [-0.3, -0.25) is 4.72 Å². The largest absolute Gasteiger partial charge is 0.377 e. The molecule has 0 fully saturated rings. The molecule has 1 unspecified atom stereocenters. The Morgan fingerprint density at radius 3 is 2.59 bits per heavy atom. The van der Waals surface area contributed by atoms with E-state index in [4.69, 9.17) is 23.2 Å². The maximum Gasteiger partial charge on any atom is 0.266 e. The number of hydrogen-bond acceptors (Lipinski definition) is 5. The smallest absolute Gasteiger partial charge is 0.266 e. The zero-order valence-electron chi connectivity index (χ0n) is 13.9. The zero-order chi connectivity index (χ0) is 19.6. The van der Waals surface area contributed by atoms with E-state index in [0.29, 0.717) is 5.02 Å². The van der Waals surface area contributed by atoms with Crippen molar-refractivity contribution in [3.8, 4) is 0 Å². The van der Waals surface area contributed by atoms with Crippen molar-refractivity contribution in [3.63, 3.8) is 0 Å². The Labute approximate surface area is 170 Å². The van der Waals surface area contributed by atoms with Gasteiger partial charge in [0.05, 0.1) is 16.8 Å². The van der Waals surface area contributed by atoms with E-state index in [-0.39, 0.29) is 21.9 Å². The molecule has 0 amide bonds. The van der Waals surface area contributed by atoms with Gasteiger partial charge in [-0.2, -0.15) is 0 Å². The molecule has 1 aromatic heterocycles. The minimum atomic E-state index is -4.15. The topological polar surface area (TPSA) is 71.1 Å². The Morgan fingerprint density at radius 1 is 1.19 bits per heavy atom. The van der Waals surface area contributed by atoms with Crippen molar-refractivity contribution in [2.24, 2.45) is 0 Å². The molecule has 1 atom stereocenters. The first-order chi connectivity index (χ1) is 12.8. The molecule has 0 radical (unpaired) electrons. The van der Waals surface area contributed by atoms with Gasteiger partial charge in [-0.1, -0.05) is 41.4 Å². The summed E-state index contributed by atoms with van der Waals surface area (Å²) < 4.78 is 41.5. The van der Waals surface area contributed by atoms with Crippen LogP contribution in [0.3, 0.4) is 0 Å². The lowest BCUT2D eigenvalue weighted by Gasteiger charge is -2.18. The standard InChI is InChI=1S/C17H14Cl2FN3O2S2/c1-10(11-4-2-3-5-12(11)18)22-15-9-14(20)16(8-13(15)19)27(24,25)23-17-21-6-7-26-17/h2-10,22H,1H3,(H,21,23). The van der Waals surface area contributed by atoms with Crippen LogP contribution in [0.5, 0.6) is 0 Å². The van der Waals surface area contributed by atoms with E-state index < -0.39 is 20.7 Å². The van der Waals surface area contributed by atoms with Crippen LogP contribution in [-0.4, -0.2) is 13.4 Å². The number of anilines is 2. The molecule has 0 aliphatic heterocycles. The van der Waals surface area contributed by atoms with Crippen molar-refractivity contribution >= 4 is 55.4 Å². The Morgan fingerprint density at radius 2 is 1.93 bits per heavy atom. The third-order valence-electron chi connectivity index (χ3n) is 3.71. The molecule has 2 N–H and O–H groups in total. The molecule has 0 bridgehead atoms. The molecule has 3 aromatic rings. The van der Waals surface area contributed by atoms with E-state index in [9.17, 15) is 12.8 Å². The number of nitrogens with one attached hydrogen (secondary N) is 2. The molecule has 0 spiro atoms. The third kappa shape index (κ3) is 4.52. The lowest BCUT2D eigenvalue weighted by molar-refractivity contribution is 0.570. The fraction of sp³-hybridized carbons (Fsp3) is 0.118. The van der Waals surface area contributed by atoms with Gasteiger partial charge in [-0.05, 0) is 30.7 Å². The van der Waals surface area contributed by atoms with Crippen LogP contribution in [0.4, 0.5) is 15.2 Å². The summed E-state index contributed by atoms with van der Waals surface area (Å²) in [5.74, 6) is -0.933. The number of thiazole rings is 1. The molecule has 27 heavy (non-hydrogen) atoms. The van der Waals surface area contributed by atoms with Crippen LogP contribution in [0.25, 0.3) is 0 Å². The van der Waals surface area contributed by atoms with E-state index in [1.54, 1.807) is 17.5 Å². The van der Waals surface area contributed by atoms with Crippen molar-refractivity contribution in [3.05, 3.63) is 69.4 Å². The van der Waals surface area contributed by atoms with Crippen LogP contribution >= 0.6 is 34.5 Å². The van der Waals surface area contributed by atoms with Crippen molar-refractivity contribution in [2.45, 2.75) is 17.9 Å². The zero-order valence-corrected chi connectivity index (χ0v) is 17.1. The first kappa shape index (κ1) is 19.9. The number of hydrogen-bond donors (Lipinski definition) is 2. The molecule has 142 valence electrons. The number of rotatable bonds is 6. The summed E-state index contributed by atoms with van der Waals surface area (Å²) in [5.41, 5.74) is 1.06. The van der Waals surface area contributed by atoms with Crippen LogP contribution in [-0.2, 0) is 10.0 Å². The van der Waals surface area contributed by atoms with Gasteiger partial charge in [0.15, 0.2) is 5.13 Å². The van der Waals surface area contributed by atoms with E-state index in [0.717, 1.165) is 29.0 Å². The maximum atomic E-state index is 14.5. The number of benzene rings is 2. The van der Waals surface area contributed by atoms with Gasteiger partial charge < -0.3 is 5.32 Å². The number of aromatic nitrogens is 1. The Balaban J connectivity index is 1.88. The molecule has 3 rings (SSSR count). The van der Waals surface area contributed by atoms with Crippen LogP contribution in [0.2, 0.25) is 10.0 Å². The van der Waals surface area contributed by atoms with Gasteiger partial charge in [0, 0.05) is 16.6 Å². The molecule has 0 saturated heterocycles. The lowest BCUT2D eigenvalue weighted by atomic mass is 10.1. The molecule has 1 heterocycles. The Bertz CT molecular complexity index is 1060. The summed E-state index contributed by atoms with van der Waals surface area (Å²) in [6.45, 7) is 1.84. The second-order valence-corrected chi connectivity index (χ2v) is 8.95. The minimum Gasteiger partial charge on any atom is -0.377 e. The SMILES string of the molecule is CC(Nc1cc(F)c(S(=O)(=O)Nc2nccs2)cc1Cl)c1ccccc1Cl. The summed E-state index contributed by atoms with van der Waals surface area (Å²) in [7, 11) is -4.15. The molecule has 0 aliphatic carbocycles. The molecule has 5 nitrogen and oxygen atoms in total. The van der Waals surface area contributed by atoms with Crippen molar-refractivity contribution in [1.29, 1.82) is 0 Å². The Kier molecular flexibility index (Phi) is 5.90. The highest BCUT2D eigenvalue weighted by molar-refractivity contribution is 7.93. The van der Waals surface area contributed by atoms with E-state index in [1.807, 2.05) is 19.1 Å².